The van der Waals surface area contributed by atoms with Crippen LogP contribution in [0.1, 0.15) is 33.8 Å². The van der Waals surface area contributed by atoms with Crippen molar-refractivity contribution >= 4 is 17.3 Å². The maximum Gasteiger partial charge on any atom is 0.348 e. The molecule has 0 aliphatic heterocycles. The number of esters is 1. The van der Waals surface area contributed by atoms with E-state index >= 15 is 0 Å². The zero-order valence-electron chi connectivity index (χ0n) is 8.79. The zero-order chi connectivity index (χ0) is 10.9. The molecule has 0 radical (unpaired) electrons. The normalized spacial score (nSPS) is 17.5. The summed E-state index contributed by atoms with van der Waals surface area (Å²) in [7, 11) is 1.41. The number of hydrogen-bond acceptors (Lipinski definition) is 4. The van der Waals surface area contributed by atoms with Crippen LogP contribution in [-0.2, 0) is 10.2 Å². The van der Waals surface area contributed by atoms with E-state index in [0.717, 1.165) is 6.42 Å². The number of ether oxygens (including phenoxy) is 1. The first kappa shape index (κ1) is 10.6. The summed E-state index contributed by atoms with van der Waals surface area (Å²) in [4.78, 5) is 13.3. The highest BCUT2D eigenvalue weighted by molar-refractivity contribution is 7.14. The molecular formula is C11H15NO2S. The fourth-order valence-electron chi connectivity index (χ4n) is 1.88. The van der Waals surface area contributed by atoms with Crippen molar-refractivity contribution < 1.29 is 9.53 Å². The second-order valence-corrected chi connectivity index (χ2v) is 5.06. The molecule has 0 unspecified atom stereocenters. The first-order valence-corrected chi connectivity index (χ1v) is 5.92. The molecule has 1 aromatic heterocycles. The number of methoxy groups -OCH3 is 1. The Morgan fingerprint density at radius 1 is 1.60 bits per heavy atom. The van der Waals surface area contributed by atoms with E-state index in [4.69, 9.17) is 5.73 Å². The van der Waals surface area contributed by atoms with E-state index in [1.54, 1.807) is 11.3 Å². The van der Waals surface area contributed by atoms with Crippen molar-refractivity contribution in [1.82, 2.24) is 0 Å². The summed E-state index contributed by atoms with van der Waals surface area (Å²) in [5.74, 6) is -0.241. The zero-order valence-corrected chi connectivity index (χ0v) is 9.60. The van der Waals surface area contributed by atoms with Crippen molar-refractivity contribution in [3.8, 4) is 0 Å². The second kappa shape index (κ2) is 3.94. The Hall–Kier alpha value is -0.870. The number of carbonyl (C=O) groups is 1. The number of hydrogen-bond donors (Lipinski definition) is 1. The van der Waals surface area contributed by atoms with Gasteiger partial charge in [-0.3, -0.25) is 0 Å². The molecule has 0 saturated heterocycles. The van der Waals surface area contributed by atoms with E-state index in [0.29, 0.717) is 11.4 Å². The first-order valence-electron chi connectivity index (χ1n) is 5.10. The Bertz CT molecular complexity index is 368. The van der Waals surface area contributed by atoms with Gasteiger partial charge >= 0.3 is 5.97 Å². The molecule has 1 saturated carbocycles. The fourth-order valence-corrected chi connectivity index (χ4v) is 3.08. The molecule has 4 heteroatoms. The van der Waals surface area contributed by atoms with Crippen molar-refractivity contribution in [2.45, 2.75) is 24.7 Å². The summed E-state index contributed by atoms with van der Waals surface area (Å²) < 4.78 is 4.69. The molecule has 1 heterocycles. The van der Waals surface area contributed by atoms with E-state index in [9.17, 15) is 4.79 Å². The molecule has 0 bridgehead atoms. The van der Waals surface area contributed by atoms with E-state index in [2.05, 4.69) is 4.74 Å². The molecule has 1 aromatic rings. The summed E-state index contributed by atoms with van der Waals surface area (Å²) in [5, 5.41) is 0. The Balaban J connectivity index is 2.17. The smallest absolute Gasteiger partial charge is 0.348 e. The van der Waals surface area contributed by atoms with Gasteiger partial charge in [0.1, 0.15) is 4.88 Å². The monoisotopic (exact) mass is 225 g/mol. The van der Waals surface area contributed by atoms with Crippen LogP contribution in [0.3, 0.4) is 0 Å². The van der Waals surface area contributed by atoms with Gasteiger partial charge in [0.15, 0.2) is 0 Å². The molecule has 3 nitrogen and oxygen atoms in total. The molecular weight excluding hydrogens is 210 g/mol. The Morgan fingerprint density at radius 2 is 2.33 bits per heavy atom. The summed E-state index contributed by atoms with van der Waals surface area (Å²) >= 11 is 1.54. The summed E-state index contributed by atoms with van der Waals surface area (Å²) in [5.41, 5.74) is 5.88. The molecule has 0 amide bonds. The van der Waals surface area contributed by atoms with Crippen molar-refractivity contribution in [3.63, 3.8) is 0 Å². The lowest BCUT2D eigenvalue weighted by atomic mass is 10.0. The molecule has 82 valence electrons. The van der Waals surface area contributed by atoms with Gasteiger partial charge in [0.25, 0.3) is 0 Å². The lowest BCUT2D eigenvalue weighted by molar-refractivity contribution is 0.0606. The summed E-state index contributed by atoms with van der Waals surface area (Å²) in [6.45, 7) is 0.714. The minimum absolute atomic E-state index is 0.241. The third-order valence-corrected chi connectivity index (χ3v) is 4.30. The average Bonchev–Trinajstić information content (AvgIpc) is 2.85. The van der Waals surface area contributed by atoms with Gasteiger partial charge in [-0.25, -0.2) is 4.79 Å². The lowest BCUT2D eigenvalue weighted by Crippen LogP contribution is -2.11. The molecule has 0 atom stereocenters. The van der Waals surface area contributed by atoms with E-state index < -0.39 is 0 Å². The maximum atomic E-state index is 11.3. The van der Waals surface area contributed by atoms with Crippen LogP contribution in [-0.4, -0.2) is 19.6 Å². The molecule has 1 fully saturated rings. The molecule has 1 aliphatic rings. The molecule has 0 spiro atoms. The van der Waals surface area contributed by atoms with Gasteiger partial charge in [0.2, 0.25) is 0 Å². The highest BCUT2D eigenvalue weighted by atomic mass is 32.1. The van der Waals surface area contributed by atoms with Crippen molar-refractivity contribution in [2.24, 2.45) is 5.73 Å². The van der Waals surface area contributed by atoms with Gasteiger partial charge in [-0.2, -0.15) is 0 Å². The first-order chi connectivity index (χ1) is 7.22. The largest absolute Gasteiger partial charge is 0.465 e. The van der Waals surface area contributed by atoms with Crippen LogP contribution in [0.5, 0.6) is 0 Å². The topological polar surface area (TPSA) is 52.3 Å². The van der Waals surface area contributed by atoms with Gasteiger partial charge in [0, 0.05) is 10.3 Å². The highest BCUT2D eigenvalue weighted by Crippen LogP contribution is 2.52. The van der Waals surface area contributed by atoms with Crippen LogP contribution in [0, 0.1) is 0 Å². The second-order valence-electron chi connectivity index (χ2n) is 3.97. The van der Waals surface area contributed by atoms with Gasteiger partial charge in [-0.15, -0.1) is 11.3 Å². The predicted molar refractivity (Wildman–Crippen MR) is 60.2 cm³/mol. The van der Waals surface area contributed by atoms with E-state index in [1.807, 2.05) is 12.1 Å². The molecule has 1 aliphatic carbocycles. The number of carbonyl (C=O) groups excluding carboxylic acids is 1. The predicted octanol–water partition coefficient (Wildman–Crippen LogP) is 1.92. The van der Waals surface area contributed by atoms with Crippen LogP contribution in [0.2, 0.25) is 0 Å². The van der Waals surface area contributed by atoms with Gasteiger partial charge in [0.05, 0.1) is 7.11 Å². The highest BCUT2D eigenvalue weighted by Gasteiger charge is 2.44. The number of thiophene rings is 1. The van der Waals surface area contributed by atoms with Crippen LogP contribution in [0.15, 0.2) is 12.1 Å². The lowest BCUT2D eigenvalue weighted by Gasteiger charge is -2.10. The van der Waals surface area contributed by atoms with Crippen LogP contribution >= 0.6 is 11.3 Å². The van der Waals surface area contributed by atoms with Crippen LogP contribution < -0.4 is 5.73 Å². The Kier molecular flexibility index (Phi) is 2.80. The summed E-state index contributed by atoms with van der Waals surface area (Å²) in [6, 6.07) is 3.89. The van der Waals surface area contributed by atoms with E-state index in [-0.39, 0.29) is 11.4 Å². The summed E-state index contributed by atoms with van der Waals surface area (Å²) in [6.07, 6.45) is 3.42. The standard InChI is InChI=1S/C11H15NO2S/c1-14-10(13)8-2-3-9(15-8)11(4-5-11)6-7-12/h2-3H,4-7,12H2,1H3. The number of nitrogens with two attached hydrogens (primary N) is 1. The Morgan fingerprint density at radius 3 is 2.87 bits per heavy atom. The van der Waals surface area contributed by atoms with Crippen molar-refractivity contribution in [2.75, 3.05) is 13.7 Å². The van der Waals surface area contributed by atoms with Crippen molar-refractivity contribution in [1.29, 1.82) is 0 Å². The Labute approximate surface area is 93.2 Å². The van der Waals surface area contributed by atoms with Crippen molar-refractivity contribution in [3.05, 3.63) is 21.9 Å². The molecule has 2 N–H and O–H groups in total. The van der Waals surface area contributed by atoms with Gasteiger partial charge in [-0.05, 0) is 37.9 Å². The van der Waals surface area contributed by atoms with Crippen LogP contribution in [0.25, 0.3) is 0 Å². The quantitative estimate of drug-likeness (QED) is 0.796. The number of rotatable bonds is 4. The molecule has 2 rings (SSSR count). The third kappa shape index (κ3) is 1.92. The fraction of sp³-hybridized carbons (Fsp3) is 0.545. The average molecular weight is 225 g/mol. The third-order valence-electron chi connectivity index (χ3n) is 2.99. The minimum Gasteiger partial charge on any atom is -0.465 e. The van der Waals surface area contributed by atoms with Gasteiger partial charge in [-0.1, -0.05) is 0 Å². The maximum absolute atomic E-state index is 11.3. The SMILES string of the molecule is COC(=O)c1ccc(C2(CCN)CC2)s1. The molecule has 0 aromatic carbocycles. The minimum atomic E-state index is -0.241. The van der Waals surface area contributed by atoms with E-state index in [1.165, 1.54) is 24.8 Å². The van der Waals surface area contributed by atoms with Gasteiger partial charge < -0.3 is 10.5 Å². The van der Waals surface area contributed by atoms with Crippen LogP contribution in [0.4, 0.5) is 0 Å². The molecule has 15 heavy (non-hydrogen) atoms.